The number of aliphatic hydroxyl groups excluding tert-OH is 1. The van der Waals surface area contributed by atoms with Crippen LogP contribution in [0.4, 0.5) is 0 Å². The molecular weight excluding hydrogens is 467 g/mol. The highest BCUT2D eigenvalue weighted by Crippen LogP contribution is 2.21. The van der Waals surface area contributed by atoms with Crippen LogP contribution >= 0.6 is 35.6 Å². The maximum absolute atomic E-state index is 10.3. The zero-order chi connectivity index (χ0) is 18.2. The van der Waals surface area contributed by atoms with Crippen LogP contribution < -0.4 is 10.6 Å². The first-order valence-corrected chi connectivity index (χ1v) is 8.79. The fourth-order valence-corrected chi connectivity index (χ4v) is 2.48. The predicted molar refractivity (Wildman–Crippen MR) is 115 cm³/mol. The molecule has 0 aliphatic heterocycles. The van der Waals surface area contributed by atoms with Crippen molar-refractivity contribution in [3.63, 3.8) is 0 Å². The summed E-state index contributed by atoms with van der Waals surface area (Å²) in [5.41, 5.74) is 1.60. The molecule has 0 radical (unpaired) electrons. The van der Waals surface area contributed by atoms with Gasteiger partial charge in [0.2, 0.25) is 0 Å². The zero-order valence-corrected chi connectivity index (χ0v) is 18.3. The molecular formula is C18H26ClIN4O2. The third kappa shape index (κ3) is 6.77. The molecule has 6 nitrogen and oxygen atoms in total. The van der Waals surface area contributed by atoms with Gasteiger partial charge in [-0.15, -0.1) is 24.0 Å². The summed E-state index contributed by atoms with van der Waals surface area (Å²) in [6.07, 6.45) is -0.727. The van der Waals surface area contributed by atoms with Crippen LogP contribution in [0, 0.1) is 0 Å². The number of hydrogen-bond donors (Lipinski definition) is 3. The molecule has 0 fully saturated rings. The number of aliphatic hydroxyl groups is 1. The first-order chi connectivity index (χ1) is 12.0. The Morgan fingerprint density at radius 3 is 2.65 bits per heavy atom. The van der Waals surface area contributed by atoms with Crippen LogP contribution in [0.2, 0.25) is 5.02 Å². The normalized spacial score (nSPS) is 12.6. The molecule has 1 heterocycles. The van der Waals surface area contributed by atoms with E-state index in [2.05, 4.69) is 34.6 Å². The largest absolute Gasteiger partial charge is 0.387 e. The van der Waals surface area contributed by atoms with Crippen LogP contribution in [0.3, 0.4) is 0 Å². The Balaban J connectivity index is 0.00000338. The summed E-state index contributed by atoms with van der Waals surface area (Å²) in [7, 11) is 0. The first-order valence-electron chi connectivity index (χ1n) is 8.41. The minimum absolute atomic E-state index is 0. The lowest BCUT2D eigenvalue weighted by atomic mass is 10.1. The van der Waals surface area contributed by atoms with Crippen molar-refractivity contribution >= 4 is 41.5 Å². The summed E-state index contributed by atoms with van der Waals surface area (Å²) in [5, 5.41) is 21.1. The van der Waals surface area contributed by atoms with Gasteiger partial charge in [0.15, 0.2) is 11.7 Å². The Labute approximate surface area is 176 Å². The highest BCUT2D eigenvalue weighted by molar-refractivity contribution is 14.0. The van der Waals surface area contributed by atoms with Gasteiger partial charge in [0.1, 0.15) is 6.54 Å². The average molecular weight is 493 g/mol. The van der Waals surface area contributed by atoms with E-state index in [1.54, 1.807) is 12.1 Å². The van der Waals surface area contributed by atoms with Crippen LogP contribution in [0.1, 0.15) is 49.8 Å². The second-order valence-electron chi connectivity index (χ2n) is 5.99. The van der Waals surface area contributed by atoms with Crippen molar-refractivity contribution in [3.05, 3.63) is 52.4 Å². The van der Waals surface area contributed by atoms with Gasteiger partial charge in [-0.05, 0) is 18.9 Å². The number of nitrogens with zero attached hydrogens (tertiary/aromatic N) is 2. The molecule has 1 atom stereocenters. The van der Waals surface area contributed by atoms with E-state index in [1.807, 2.05) is 25.1 Å². The zero-order valence-electron chi connectivity index (χ0n) is 15.2. The SMILES string of the molecule is CCNC(=NCc1cc(C(C)C)no1)NCC(O)c1ccccc1Cl.I. The topological polar surface area (TPSA) is 82.7 Å². The molecule has 0 saturated carbocycles. The maximum Gasteiger partial charge on any atom is 0.191 e. The van der Waals surface area contributed by atoms with Gasteiger partial charge in [0.25, 0.3) is 0 Å². The second-order valence-corrected chi connectivity index (χ2v) is 6.39. The molecule has 0 amide bonds. The van der Waals surface area contributed by atoms with Crippen molar-refractivity contribution in [1.29, 1.82) is 0 Å². The second kappa shape index (κ2) is 11.4. The van der Waals surface area contributed by atoms with Gasteiger partial charge in [0, 0.05) is 29.7 Å². The minimum Gasteiger partial charge on any atom is -0.387 e. The quantitative estimate of drug-likeness (QED) is 0.311. The van der Waals surface area contributed by atoms with Crippen LogP contribution in [0.5, 0.6) is 0 Å². The summed E-state index contributed by atoms with van der Waals surface area (Å²) in [6.45, 7) is 7.48. The predicted octanol–water partition coefficient (Wildman–Crippen LogP) is 3.86. The minimum atomic E-state index is -0.727. The molecule has 0 spiro atoms. The molecule has 0 saturated heterocycles. The molecule has 0 aliphatic rings. The molecule has 0 aliphatic carbocycles. The summed E-state index contributed by atoms with van der Waals surface area (Å²) < 4.78 is 5.29. The van der Waals surface area contributed by atoms with E-state index in [-0.39, 0.29) is 24.0 Å². The van der Waals surface area contributed by atoms with Crippen LogP contribution in [-0.4, -0.2) is 29.3 Å². The molecule has 144 valence electrons. The Morgan fingerprint density at radius 1 is 1.31 bits per heavy atom. The van der Waals surface area contributed by atoms with Gasteiger partial charge in [-0.2, -0.15) is 0 Å². The fraction of sp³-hybridized carbons (Fsp3) is 0.444. The third-order valence-corrected chi connectivity index (χ3v) is 3.98. The summed E-state index contributed by atoms with van der Waals surface area (Å²) in [6, 6.07) is 9.16. The maximum atomic E-state index is 10.3. The molecule has 2 rings (SSSR count). The fourth-order valence-electron chi connectivity index (χ4n) is 2.22. The molecule has 1 unspecified atom stereocenters. The van der Waals surface area contributed by atoms with Crippen molar-refractivity contribution in [2.45, 2.75) is 39.3 Å². The van der Waals surface area contributed by atoms with E-state index in [1.165, 1.54) is 0 Å². The van der Waals surface area contributed by atoms with E-state index in [0.717, 1.165) is 5.69 Å². The van der Waals surface area contributed by atoms with Crippen molar-refractivity contribution in [2.24, 2.45) is 4.99 Å². The molecule has 0 bridgehead atoms. The van der Waals surface area contributed by atoms with Crippen molar-refractivity contribution in [3.8, 4) is 0 Å². The first kappa shape index (κ1) is 22.7. The molecule has 1 aromatic heterocycles. The van der Waals surface area contributed by atoms with Gasteiger partial charge >= 0.3 is 0 Å². The van der Waals surface area contributed by atoms with Crippen LogP contribution in [0.25, 0.3) is 0 Å². The lowest BCUT2D eigenvalue weighted by Crippen LogP contribution is -2.39. The molecule has 2 aromatic rings. The number of guanidine groups is 1. The van der Waals surface area contributed by atoms with Gasteiger partial charge < -0.3 is 20.3 Å². The van der Waals surface area contributed by atoms with Crippen LogP contribution in [-0.2, 0) is 6.54 Å². The smallest absolute Gasteiger partial charge is 0.191 e. The highest BCUT2D eigenvalue weighted by Gasteiger charge is 2.12. The molecule has 8 heteroatoms. The average Bonchev–Trinajstić information content (AvgIpc) is 3.07. The number of rotatable bonds is 7. The van der Waals surface area contributed by atoms with E-state index in [0.29, 0.717) is 47.9 Å². The van der Waals surface area contributed by atoms with E-state index < -0.39 is 6.10 Å². The summed E-state index contributed by atoms with van der Waals surface area (Å²) >= 11 is 6.11. The number of halogens is 2. The van der Waals surface area contributed by atoms with Crippen molar-refractivity contribution in [1.82, 2.24) is 15.8 Å². The van der Waals surface area contributed by atoms with Crippen molar-refractivity contribution in [2.75, 3.05) is 13.1 Å². The standard InChI is InChI=1S/C18H25ClN4O2.HI/c1-4-20-18(21-10-13-9-16(12(2)3)23-25-13)22-11-17(24)14-7-5-6-8-15(14)19;/h5-9,12,17,24H,4,10-11H2,1-3H3,(H2,20,21,22);1H. The number of aliphatic imine (C=N–C) groups is 1. The van der Waals surface area contributed by atoms with Crippen LogP contribution in [0.15, 0.2) is 39.8 Å². The number of aromatic nitrogens is 1. The number of hydrogen-bond acceptors (Lipinski definition) is 4. The Bertz CT molecular complexity index is 706. The van der Waals surface area contributed by atoms with E-state index >= 15 is 0 Å². The van der Waals surface area contributed by atoms with Gasteiger partial charge in [-0.3, -0.25) is 0 Å². The third-order valence-electron chi connectivity index (χ3n) is 3.63. The lowest BCUT2D eigenvalue weighted by molar-refractivity contribution is 0.181. The Kier molecular flexibility index (Phi) is 9.97. The monoisotopic (exact) mass is 492 g/mol. The number of nitrogens with one attached hydrogen (secondary N) is 2. The molecule has 1 aromatic carbocycles. The van der Waals surface area contributed by atoms with Gasteiger partial charge in [0.05, 0.1) is 11.8 Å². The Hall–Kier alpha value is -1.32. The molecule has 26 heavy (non-hydrogen) atoms. The number of benzene rings is 1. The Morgan fingerprint density at radius 2 is 2.04 bits per heavy atom. The van der Waals surface area contributed by atoms with E-state index in [4.69, 9.17) is 16.1 Å². The summed E-state index contributed by atoms with van der Waals surface area (Å²) in [5.74, 6) is 1.61. The summed E-state index contributed by atoms with van der Waals surface area (Å²) in [4.78, 5) is 4.46. The lowest BCUT2D eigenvalue weighted by Gasteiger charge is -2.16. The van der Waals surface area contributed by atoms with E-state index in [9.17, 15) is 5.11 Å². The molecule has 3 N–H and O–H groups in total. The highest BCUT2D eigenvalue weighted by atomic mass is 127. The van der Waals surface area contributed by atoms with Gasteiger partial charge in [-0.1, -0.05) is 48.8 Å². The van der Waals surface area contributed by atoms with Crippen molar-refractivity contribution < 1.29 is 9.63 Å². The van der Waals surface area contributed by atoms with Gasteiger partial charge in [-0.25, -0.2) is 4.99 Å².